The number of fused-ring (bicyclic) bond motifs is 5. The first-order valence-corrected chi connectivity index (χ1v) is 10.9. The molecule has 4 saturated carbocycles. The lowest BCUT2D eigenvalue weighted by Gasteiger charge is -2.62. The molecular weight excluding hydrogens is 324 g/mol. The van der Waals surface area contributed by atoms with Crippen molar-refractivity contribution >= 4 is 5.78 Å². The second-order valence-corrected chi connectivity index (χ2v) is 10.5. The Morgan fingerprint density at radius 1 is 0.846 bits per heavy atom. The summed E-state index contributed by atoms with van der Waals surface area (Å²) < 4.78 is 11.6. The molecule has 0 spiro atoms. The molecule has 0 saturated heterocycles. The Labute approximate surface area is 159 Å². The fraction of sp³-hybridized carbons (Fsp3) is 0.957. The molecule has 4 fully saturated rings. The van der Waals surface area contributed by atoms with Crippen LogP contribution in [0.3, 0.4) is 0 Å². The zero-order chi connectivity index (χ0) is 18.7. The van der Waals surface area contributed by atoms with Crippen molar-refractivity contribution in [1.82, 2.24) is 0 Å². The molecule has 0 N–H and O–H groups in total. The molecule has 0 heterocycles. The maximum absolute atomic E-state index is 12.3. The number of hydrogen-bond acceptors (Lipinski definition) is 3. The van der Waals surface area contributed by atoms with Crippen molar-refractivity contribution < 1.29 is 14.3 Å². The number of methoxy groups -OCH3 is 2. The Kier molecular flexibility index (Phi) is 4.59. The monoisotopic (exact) mass is 362 g/mol. The summed E-state index contributed by atoms with van der Waals surface area (Å²) in [4.78, 5) is 12.3. The summed E-state index contributed by atoms with van der Waals surface area (Å²) in [5, 5.41) is 0. The van der Waals surface area contributed by atoms with Crippen LogP contribution in [0, 0.1) is 40.4 Å². The van der Waals surface area contributed by atoms with Crippen molar-refractivity contribution in [3.05, 3.63) is 0 Å². The lowest BCUT2D eigenvalue weighted by molar-refractivity contribution is -0.261. The highest BCUT2D eigenvalue weighted by Gasteiger charge is 2.62. The third-order valence-corrected chi connectivity index (χ3v) is 9.90. The molecule has 0 aromatic carbocycles. The van der Waals surface area contributed by atoms with Crippen LogP contribution in [-0.4, -0.2) is 25.8 Å². The van der Waals surface area contributed by atoms with Gasteiger partial charge in [0.25, 0.3) is 0 Å². The van der Waals surface area contributed by atoms with Crippen LogP contribution in [0.15, 0.2) is 0 Å². The van der Waals surface area contributed by atoms with Gasteiger partial charge in [-0.25, -0.2) is 0 Å². The van der Waals surface area contributed by atoms with Crippen LogP contribution in [0.5, 0.6) is 0 Å². The van der Waals surface area contributed by atoms with E-state index in [2.05, 4.69) is 13.8 Å². The van der Waals surface area contributed by atoms with Gasteiger partial charge in [-0.2, -0.15) is 0 Å². The molecule has 3 heteroatoms. The van der Waals surface area contributed by atoms with E-state index in [0.717, 1.165) is 37.0 Å². The van der Waals surface area contributed by atoms with Gasteiger partial charge in [-0.15, -0.1) is 0 Å². The first-order chi connectivity index (χ1) is 12.3. The predicted octanol–water partition coefficient (Wildman–Crippen LogP) is 5.22. The van der Waals surface area contributed by atoms with Crippen LogP contribution in [-0.2, 0) is 14.3 Å². The van der Waals surface area contributed by atoms with Crippen molar-refractivity contribution in [2.75, 3.05) is 14.2 Å². The SMILES string of the molecule is COC1(OC)CC[C@@]2(C)C(CCC3C2CC[C@]2(C)C(C(C)=O)CCC32)C1. The summed E-state index contributed by atoms with van der Waals surface area (Å²) in [6, 6.07) is 0. The van der Waals surface area contributed by atoms with Gasteiger partial charge in [-0.05, 0) is 86.4 Å². The zero-order valence-corrected chi connectivity index (χ0v) is 17.5. The third-order valence-electron chi connectivity index (χ3n) is 9.90. The van der Waals surface area contributed by atoms with Crippen molar-refractivity contribution in [3.63, 3.8) is 0 Å². The van der Waals surface area contributed by atoms with E-state index in [4.69, 9.17) is 9.47 Å². The van der Waals surface area contributed by atoms with E-state index in [-0.39, 0.29) is 11.2 Å². The molecule has 0 radical (unpaired) electrons. The largest absolute Gasteiger partial charge is 0.353 e. The van der Waals surface area contributed by atoms with Gasteiger partial charge in [-0.1, -0.05) is 13.8 Å². The molecule has 0 aliphatic heterocycles. The number of Topliss-reactive ketones (excluding diaryl/α,β-unsaturated/α-hetero) is 1. The van der Waals surface area contributed by atoms with Gasteiger partial charge >= 0.3 is 0 Å². The quantitative estimate of drug-likeness (QED) is 0.645. The number of carbonyl (C=O) groups excluding carboxylic acids is 1. The number of ether oxygens (including phenoxy) is 2. The molecule has 3 nitrogen and oxygen atoms in total. The maximum Gasteiger partial charge on any atom is 0.167 e. The second-order valence-electron chi connectivity index (χ2n) is 10.5. The molecule has 0 amide bonds. The lowest BCUT2D eigenvalue weighted by Crippen LogP contribution is -2.56. The van der Waals surface area contributed by atoms with Crippen molar-refractivity contribution in [2.45, 2.75) is 84.3 Å². The molecule has 4 rings (SSSR count). The van der Waals surface area contributed by atoms with E-state index >= 15 is 0 Å². The standard InChI is InChI=1S/C23H38O3/c1-15(24)18-8-9-19-17-7-6-16-14-23(25-4,26-5)13-12-21(16,2)20(17)10-11-22(18,19)3/h16-20H,6-14H2,1-5H3/t16?,17?,18?,19?,20?,21-,22+/m0/s1. The summed E-state index contributed by atoms with van der Waals surface area (Å²) >= 11 is 0. The average molecular weight is 363 g/mol. The highest BCUT2D eigenvalue weighted by Crippen LogP contribution is 2.68. The van der Waals surface area contributed by atoms with E-state index in [9.17, 15) is 4.79 Å². The van der Waals surface area contributed by atoms with E-state index in [0.29, 0.717) is 23.0 Å². The van der Waals surface area contributed by atoms with E-state index in [1.165, 1.54) is 38.5 Å². The molecule has 148 valence electrons. The fourth-order valence-corrected chi connectivity index (χ4v) is 8.32. The van der Waals surface area contributed by atoms with Gasteiger partial charge in [0.2, 0.25) is 0 Å². The van der Waals surface area contributed by atoms with Gasteiger partial charge in [0.15, 0.2) is 5.79 Å². The molecule has 4 aliphatic rings. The minimum atomic E-state index is -0.354. The molecule has 26 heavy (non-hydrogen) atoms. The zero-order valence-electron chi connectivity index (χ0n) is 17.5. The van der Waals surface area contributed by atoms with Crippen molar-refractivity contribution in [3.8, 4) is 0 Å². The lowest BCUT2D eigenvalue weighted by atomic mass is 9.44. The van der Waals surface area contributed by atoms with Crippen LogP contribution in [0.25, 0.3) is 0 Å². The summed E-state index contributed by atoms with van der Waals surface area (Å²) in [5.41, 5.74) is 0.701. The highest BCUT2D eigenvalue weighted by atomic mass is 16.7. The predicted molar refractivity (Wildman–Crippen MR) is 103 cm³/mol. The van der Waals surface area contributed by atoms with Gasteiger partial charge < -0.3 is 9.47 Å². The van der Waals surface area contributed by atoms with Gasteiger partial charge in [-0.3, -0.25) is 4.79 Å². The molecule has 0 bridgehead atoms. The van der Waals surface area contributed by atoms with Crippen LogP contribution in [0.1, 0.15) is 78.6 Å². The molecule has 5 unspecified atom stereocenters. The number of hydrogen-bond donors (Lipinski definition) is 0. The maximum atomic E-state index is 12.3. The van der Waals surface area contributed by atoms with Gasteiger partial charge in [0.1, 0.15) is 5.78 Å². The van der Waals surface area contributed by atoms with Crippen LogP contribution in [0.2, 0.25) is 0 Å². The van der Waals surface area contributed by atoms with E-state index in [1.54, 1.807) is 0 Å². The molecule has 4 aliphatic carbocycles. The van der Waals surface area contributed by atoms with Gasteiger partial charge in [0.05, 0.1) is 0 Å². The van der Waals surface area contributed by atoms with E-state index < -0.39 is 0 Å². The van der Waals surface area contributed by atoms with Crippen LogP contribution >= 0.6 is 0 Å². The normalized spacial score (nSPS) is 49.8. The third kappa shape index (κ3) is 2.49. The summed E-state index contributed by atoms with van der Waals surface area (Å²) in [7, 11) is 3.62. The second kappa shape index (κ2) is 6.30. The topological polar surface area (TPSA) is 35.5 Å². The van der Waals surface area contributed by atoms with Crippen molar-refractivity contribution in [1.29, 1.82) is 0 Å². The Morgan fingerprint density at radius 3 is 2.19 bits per heavy atom. The Balaban J connectivity index is 1.58. The average Bonchev–Trinajstić information content (AvgIpc) is 2.99. The van der Waals surface area contributed by atoms with E-state index in [1.807, 2.05) is 21.1 Å². The minimum Gasteiger partial charge on any atom is -0.353 e. The number of rotatable bonds is 3. The first kappa shape index (κ1) is 18.9. The summed E-state index contributed by atoms with van der Waals surface area (Å²) in [6.45, 7) is 6.85. The highest BCUT2D eigenvalue weighted by molar-refractivity contribution is 5.79. The molecule has 0 aromatic rings. The number of ketones is 1. The Morgan fingerprint density at radius 2 is 1.54 bits per heavy atom. The molecule has 7 atom stereocenters. The Bertz CT molecular complexity index is 568. The molecule has 0 aromatic heterocycles. The fourth-order valence-electron chi connectivity index (χ4n) is 8.32. The number of carbonyl (C=O) groups is 1. The summed E-state index contributed by atoms with van der Waals surface area (Å²) in [6.07, 6.45) is 10.9. The Hall–Kier alpha value is -0.410. The first-order valence-electron chi connectivity index (χ1n) is 10.9. The van der Waals surface area contributed by atoms with Crippen molar-refractivity contribution in [2.24, 2.45) is 40.4 Å². The minimum absolute atomic E-state index is 0.272. The van der Waals surface area contributed by atoms with Crippen LogP contribution < -0.4 is 0 Å². The smallest absolute Gasteiger partial charge is 0.167 e. The van der Waals surface area contributed by atoms with Gasteiger partial charge in [0, 0.05) is 33.0 Å². The van der Waals surface area contributed by atoms with Crippen LogP contribution in [0.4, 0.5) is 0 Å². The summed E-state index contributed by atoms with van der Waals surface area (Å²) in [5.74, 6) is 3.55. The molecular formula is C23H38O3.